The molecule has 2 heterocycles. The average Bonchev–Trinajstić information content (AvgIpc) is 2.99. The molecule has 29 heavy (non-hydrogen) atoms. The van der Waals surface area contributed by atoms with Crippen molar-refractivity contribution in [2.24, 2.45) is 0 Å². The molecule has 1 aliphatic carbocycles. The Balaban J connectivity index is 1.45. The van der Waals surface area contributed by atoms with Gasteiger partial charge in [-0.3, -0.25) is 4.79 Å². The summed E-state index contributed by atoms with van der Waals surface area (Å²) in [5, 5.41) is 10.0. The second-order valence-corrected chi connectivity index (χ2v) is 10.8. The van der Waals surface area contributed by atoms with Gasteiger partial charge in [-0.1, -0.05) is 12.5 Å². The Kier molecular flexibility index (Phi) is 5.68. The highest BCUT2D eigenvalue weighted by Gasteiger charge is 2.32. The number of phenols is 1. The van der Waals surface area contributed by atoms with Crippen molar-refractivity contribution in [2.45, 2.75) is 43.9 Å². The van der Waals surface area contributed by atoms with E-state index in [4.69, 9.17) is 0 Å². The lowest BCUT2D eigenvalue weighted by Crippen LogP contribution is -2.50. The lowest BCUT2D eigenvalue weighted by Gasteiger charge is -2.34. The maximum Gasteiger partial charge on any atom is 0.264 e. The van der Waals surface area contributed by atoms with Crippen LogP contribution < -0.4 is 0 Å². The number of benzene rings is 1. The first kappa shape index (κ1) is 20.4. The lowest BCUT2D eigenvalue weighted by atomic mass is 10.1. The molecule has 8 heteroatoms. The summed E-state index contributed by atoms with van der Waals surface area (Å²) in [7, 11) is -3.79. The van der Waals surface area contributed by atoms with Crippen molar-refractivity contribution >= 4 is 27.3 Å². The van der Waals surface area contributed by atoms with E-state index < -0.39 is 10.0 Å². The smallest absolute Gasteiger partial charge is 0.264 e. The van der Waals surface area contributed by atoms with Crippen LogP contribution in [0.25, 0.3) is 0 Å². The fourth-order valence-electron chi connectivity index (χ4n) is 4.03. The van der Waals surface area contributed by atoms with E-state index in [1.807, 2.05) is 6.07 Å². The Morgan fingerprint density at radius 1 is 1.03 bits per heavy atom. The van der Waals surface area contributed by atoms with Crippen LogP contribution >= 0.6 is 11.3 Å². The molecule has 0 radical (unpaired) electrons. The summed E-state index contributed by atoms with van der Waals surface area (Å²) < 4.78 is 27.2. The molecule has 1 amide bonds. The van der Waals surface area contributed by atoms with Gasteiger partial charge in [0.2, 0.25) is 10.0 Å². The summed E-state index contributed by atoms with van der Waals surface area (Å²) in [5.74, 6) is -0.243. The Hall–Kier alpha value is -1.90. The topological polar surface area (TPSA) is 77.9 Å². The van der Waals surface area contributed by atoms with Crippen LogP contribution in [0, 0.1) is 6.92 Å². The maximum atomic E-state index is 13.0. The minimum Gasteiger partial charge on any atom is -0.507 e. The Bertz CT molecular complexity index is 998. The highest BCUT2D eigenvalue weighted by molar-refractivity contribution is 7.89. The molecule has 1 saturated heterocycles. The van der Waals surface area contributed by atoms with E-state index in [1.165, 1.54) is 46.1 Å². The van der Waals surface area contributed by atoms with E-state index >= 15 is 0 Å². The van der Waals surface area contributed by atoms with Gasteiger partial charge in [-0.2, -0.15) is 4.31 Å². The number of hydrogen-bond donors (Lipinski definition) is 1. The van der Waals surface area contributed by atoms with Gasteiger partial charge in [0, 0.05) is 31.1 Å². The van der Waals surface area contributed by atoms with Crippen molar-refractivity contribution in [2.75, 3.05) is 26.2 Å². The molecule has 2 aromatic rings. The molecular weight excluding hydrogens is 408 g/mol. The lowest BCUT2D eigenvalue weighted by molar-refractivity contribution is 0.0702. The molecule has 1 N–H and O–H groups in total. The first-order valence-corrected chi connectivity index (χ1v) is 12.3. The van der Waals surface area contributed by atoms with Gasteiger partial charge in [-0.15, -0.1) is 11.3 Å². The van der Waals surface area contributed by atoms with Gasteiger partial charge in [0.1, 0.15) is 10.6 Å². The minimum atomic E-state index is -3.79. The van der Waals surface area contributed by atoms with Crippen molar-refractivity contribution in [1.82, 2.24) is 9.21 Å². The number of nitrogens with zero attached hydrogens (tertiary/aromatic N) is 2. The molecule has 2 aliphatic rings. The normalized spacial score (nSPS) is 18.3. The van der Waals surface area contributed by atoms with Crippen LogP contribution in [0.5, 0.6) is 5.75 Å². The second kappa shape index (κ2) is 8.08. The number of amides is 1. The number of fused-ring (bicyclic) bond motifs is 1. The molecule has 1 aliphatic heterocycles. The summed E-state index contributed by atoms with van der Waals surface area (Å²) >= 11 is 1.60. The van der Waals surface area contributed by atoms with Gasteiger partial charge in [0.05, 0.1) is 4.88 Å². The number of carbonyl (C=O) groups is 1. The third-order valence-electron chi connectivity index (χ3n) is 5.72. The van der Waals surface area contributed by atoms with Crippen LogP contribution in [0.4, 0.5) is 0 Å². The number of carbonyl (C=O) groups excluding carboxylic acids is 1. The average molecular weight is 435 g/mol. The number of phenolic OH excluding ortho intramolecular Hbond substituents is 1. The molecule has 6 nitrogen and oxygen atoms in total. The molecular formula is C21H26N2O4S2. The molecule has 0 bridgehead atoms. The van der Waals surface area contributed by atoms with Gasteiger partial charge < -0.3 is 10.0 Å². The van der Waals surface area contributed by atoms with E-state index in [1.54, 1.807) is 29.2 Å². The maximum absolute atomic E-state index is 13.0. The van der Waals surface area contributed by atoms with E-state index in [9.17, 15) is 18.3 Å². The molecule has 1 aromatic heterocycles. The molecule has 4 rings (SSSR count). The Labute approximate surface area is 175 Å². The first-order chi connectivity index (χ1) is 13.9. The quantitative estimate of drug-likeness (QED) is 0.753. The second-order valence-electron chi connectivity index (χ2n) is 7.79. The zero-order chi connectivity index (χ0) is 20.6. The summed E-state index contributed by atoms with van der Waals surface area (Å²) in [6.07, 6.45) is 5.71. The van der Waals surface area contributed by atoms with Crippen LogP contribution in [0.1, 0.15) is 44.9 Å². The van der Waals surface area contributed by atoms with E-state index in [0.717, 1.165) is 23.3 Å². The van der Waals surface area contributed by atoms with Crippen LogP contribution in [0.15, 0.2) is 29.2 Å². The predicted octanol–water partition coefficient (Wildman–Crippen LogP) is 3.18. The number of rotatable bonds is 3. The number of piperazine rings is 1. The molecule has 0 saturated carbocycles. The number of hydrogen-bond acceptors (Lipinski definition) is 5. The van der Waals surface area contributed by atoms with E-state index in [-0.39, 0.29) is 29.6 Å². The highest BCUT2D eigenvalue weighted by atomic mass is 32.2. The highest BCUT2D eigenvalue weighted by Crippen LogP contribution is 2.31. The number of thiophene rings is 1. The van der Waals surface area contributed by atoms with Gasteiger partial charge in [0.15, 0.2) is 0 Å². The van der Waals surface area contributed by atoms with Crippen molar-refractivity contribution in [3.8, 4) is 5.75 Å². The monoisotopic (exact) mass is 434 g/mol. The zero-order valence-corrected chi connectivity index (χ0v) is 18.2. The van der Waals surface area contributed by atoms with Gasteiger partial charge in [0.25, 0.3) is 5.91 Å². The Morgan fingerprint density at radius 2 is 1.76 bits per heavy atom. The summed E-state index contributed by atoms with van der Waals surface area (Å²) in [4.78, 5) is 16.7. The number of aryl methyl sites for hydroxylation is 3. The third kappa shape index (κ3) is 4.06. The Morgan fingerprint density at radius 3 is 2.52 bits per heavy atom. The zero-order valence-electron chi connectivity index (χ0n) is 16.6. The van der Waals surface area contributed by atoms with Crippen molar-refractivity contribution in [1.29, 1.82) is 0 Å². The molecule has 156 valence electrons. The SMILES string of the molecule is Cc1ccc(O)c(S(=O)(=O)N2CCN(C(=O)c3cc4c(s3)CCCCC4)CC2)c1. The first-order valence-electron chi connectivity index (χ1n) is 10.1. The third-order valence-corrected chi connectivity index (χ3v) is 8.87. The molecule has 0 atom stereocenters. The number of sulfonamides is 1. The molecule has 1 aromatic carbocycles. The van der Waals surface area contributed by atoms with Crippen molar-refractivity contribution in [3.05, 3.63) is 45.1 Å². The molecule has 1 fully saturated rings. The summed E-state index contributed by atoms with van der Waals surface area (Å²) in [6, 6.07) is 6.61. The molecule has 0 spiro atoms. The fraction of sp³-hybridized carbons (Fsp3) is 0.476. The minimum absolute atomic E-state index is 0.00137. The van der Waals surface area contributed by atoms with Crippen LogP contribution in [-0.4, -0.2) is 54.8 Å². The van der Waals surface area contributed by atoms with Gasteiger partial charge in [-0.25, -0.2) is 8.42 Å². The summed E-state index contributed by atoms with van der Waals surface area (Å²) in [6.45, 7) is 2.96. The molecule has 0 unspecified atom stereocenters. The fourth-order valence-corrected chi connectivity index (χ4v) is 6.84. The van der Waals surface area contributed by atoms with Crippen LogP contribution in [0.3, 0.4) is 0 Å². The summed E-state index contributed by atoms with van der Waals surface area (Å²) in [5.41, 5.74) is 2.08. The van der Waals surface area contributed by atoms with Gasteiger partial charge >= 0.3 is 0 Å². The van der Waals surface area contributed by atoms with E-state index in [2.05, 4.69) is 0 Å². The predicted molar refractivity (Wildman–Crippen MR) is 113 cm³/mol. The number of aromatic hydroxyl groups is 1. The van der Waals surface area contributed by atoms with Crippen molar-refractivity contribution in [3.63, 3.8) is 0 Å². The van der Waals surface area contributed by atoms with Crippen LogP contribution in [-0.2, 0) is 22.9 Å². The van der Waals surface area contributed by atoms with E-state index in [0.29, 0.717) is 13.1 Å². The largest absolute Gasteiger partial charge is 0.507 e. The van der Waals surface area contributed by atoms with Gasteiger partial charge in [-0.05, 0) is 61.9 Å². The van der Waals surface area contributed by atoms with Crippen LogP contribution in [0.2, 0.25) is 0 Å². The standard InChI is InChI=1S/C21H26N2O4S2/c1-15-7-8-17(24)20(13-15)29(26,27)23-11-9-22(10-12-23)21(25)19-14-16-5-3-2-4-6-18(16)28-19/h7-8,13-14,24H,2-6,9-12H2,1H3. The van der Waals surface area contributed by atoms with Crippen molar-refractivity contribution < 1.29 is 18.3 Å².